The average Bonchev–Trinajstić information content (AvgIpc) is 2.15. The van der Waals surface area contributed by atoms with Gasteiger partial charge in [-0.2, -0.15) is 5.26 Å². The summed E-state index contributed by atoms with van der Waals surface area (Å²) in [6.07, 6.45) is 1.99. The highest BCUT2D eigenvalue weighted by Crippen LogP contribution is 2.28. The number of hydrogen-bond acceptors (Lipinski definition) is 3. The van der Waals surface area contributed by atoms with Crippen molar-refractivity contribution in [1.29, 1.82) is 5.26 Å². The Morgan fingerprint density at radius 2 is 2.31 bits per heavy atom. The molecule has 0 saturated carbocycles. The second kappa shape index (κ2) is 4.78. The van der Waals surface area contributed by atoms with Crippen LogP contribution in [0.15, 0.2) is 23.1 Å². The van der Waals surface area contributed by atoms with Crippen molar-refractivity contribution >= 4 is 11.8 Å². The van der Waals surface area contributed by atoms with Crippen LogP contribution in [0.25, 0.3) is 0 Å². The van der Waals surface area contributed by atoms with Crippen LogP contribution in [-0.2, 0) is 0 Å². The molecule has 1 rings (SSSR count). The number of rotatable bonds is 3. The molecular formula is C10H11NOS. The lowest BCUT2D eigenvalue weighted by atomic mass is 10.2. The average molecular weight is 193 g/mol. The smallest absolute Gasteiger partial charge is 0.174 e. The first-order chi connectivity index (χ1) is 6.27. The third-order valence-corrected chi connectivity index (χ3v) is 2.39. The summed E-state index contributed by atoms with van der Waals surface area (Å²) < 4.78 is 5.28. The molecule has 0 radical (unpaired) electrons. The molecule has 0 fully saturated rings. The minimum atomic E-state index is 0.108. The van der Waals surface area contributed by atoms with Gasteiger partial charge in [-0.15, -0.1) is 11.8 Å². The molecule has 2 nitrogen and oxygen atoms in total. The summed E-state index contributed by atoms with van der Waals surface area (Å²) >= 11 is 1.62. The summed E-state index contributed by atoms with van der Waals surface area (Å²) in [6.45, 7) is 2.11. The summed E-state index contributed by atoms with van der Waals surface area (Å²) in [5.41, 5.74) is 1.14. The van der Waals surface area contributed by atoms with Crippen LogP contribution >= 0.6 is 11.8 Å². The lowest BCUT2D eigenvalue weighted by Crippen LogP contribution is -1.95. The van der Waals surface area contributed by atoms with Gasteiger partial charge in [0.05, 0.1) is 0 Å². The highest BCUT2D eigenvalue weighted by atomic mass is 32.2. The van der Waals surface area contributed by atoms with Gasteiger partial charge in [-0.05, 0) is 30.9 Å². The van der Waals surface area contributed by atoms with E-state index in [0.717, 1.165) is 16.2 Å². The summed E-state index contributed by atoms with van der Waals surface area (Å²) in [6, 6.07) is 7.94. The Morgan fingerprint density at radius 1 is 1.54 bits per heavy atom. The van der Waals surface area contributed by atoms with E-state index in [2.05, 4.69) is 0 Å². The van der Waals surface area contributed by atoms with Crippen molar-refractivity contribution in [2.45, 2.75) is 11.8 Å². The fraction of sp³-hybridized carbons (Fsp3) is 0.300. The summed E-state index contributed by atoms with van der Waals surface area (Å²) in [5, 5.41) is 8.38. The minimum absolute atomic E-state index is 0.108. The summed E-state index contributed by atoms with van der Waals surface area (Å²) in [4.78, 5) is 1.07. The molecule has 0 N–H and O–H groups in total. The van der Waals surface area contributed by atoms with Crippen LogP contribution in [0.2, 0.25) is 0 Å². The molecule has 0 heterocycles. The zero-order chi connectivity index (χ0) is 9.68. The molecule has 1 aromatic rings. The Balaban J connectivity index is 2.89. The highest BCUT2D eigenvalue weighted by molar-refractivity contribution is 7.98. The van der Waals surface area contributed by atoms with Gasteiger partial charge in [-0.25, -0.2) is 0 Å². The number of benzene rings is 1. The number of thioether (sulfide) groups is 1. The molecule has 68 valence electrons. The Labute approximate surface area is 82.5 Å². The lowest BCUT2D eigenvalue weighted by molar-refractivity contribution is 0.359. The van der Waals surface area contributed by atoms with Crippen LogP contribution in [-0.4, -0.2) is 12.9 Å². The van der Waals surface area contributed by atoms with E-state index >= 15 is 0 Å². The van der Waals surface area contributed by atoms with E-state index in [4.69, 9.17) is 10.00 Å². The van der Waals surface area contributed by atoms with Gasteiger partial charge >= 0.3 is 0 Å². The van der Waals surface area contributed by atoms with Crippen molar-refractivity contribution in [3.8, 4) is 11.8 Å². The van der Waals surface area contributed by atoms with E-state index in [1.807, 2.05) is 37.4 Å². The van der Waals surface area contributed by atoms with Crippen molar-refractivity contribution in [2.24, 2.45) is 0 Å². The third-order valence-electron chi connectivity index (χ3n) is 1.61. The predicted octanol–water partition coefficient (Wildman–Crippen LogP) is 2.62. The van der Waals surface area contributed by atoms with Gasteiger partial charge < -0.3 is 4.74 Å². The van der Waals surface area contributed by atoms with E-state index in [0.29, 0.717) is 0 Å². The van der Waals surface area contributed by atoms with Crippen LogP contribution < -0.4 is 4.74 Å². The van der Waals surface area contributed by atoms with Gasteiger partial charge in [0.25, 0.3) is 0 Å². The molecule has 0 aliphatic rings. The molecule has 0 atom stereocenters. The van der Waals surface area contributed by atoms with Gasteiger partial charge in [0, 0.05) is 4.90 Å². The van der Waals surface area contributed by atoms with E-state index in [-0.39, 0.29) is 6.61 Å². The summed E-state index contributed by atoms with van der Waals surface area (Å²) in [5.74, 6) is 0.800. The first kappa shape index (κ1) is 9.94. The minimum Gasteiger partial charge on any atom is -0.478 e. The fourth-order valence-corrected chi connectivity index (χ4v) is 1.53. The predicted molar refractivity (Wildman–Crippen MR) is 54.1 cm³/mol. The van der Waals surface area contributed by atoms with Crippen LogP contribution in [0.3, 0.4) is 0 Å². The molecule has 13 heavy (non-hydrogen) atoms. The van der Waals surface area contributed by atoms with Crippen LogP contribution in [0, 0.1) is 18.3 Å². The molecule has 0 saturated heterocycles. The van der Waals surface area contributed by atoms with Crippen molar-refractivity contribution in [3.63, 3.8) is 0 Å². The largest absolute Gasteiger partial charge is 0.478 e. The Kier molecular flexibility index (Phi) is 3.66. The Hall–Kier alpha value is -1.14. The van der Waals surface area contributed by atoms with Gasteiger partial charge in [0.1, 0.15) is 11.8 Å². The normalized spacial score (nSPS) is 9.31. The molecule has 0 amide bonds. The van der Waals surface area contributed by atoms with Crippen LogP contribution in [0.1, 0.15) is 5.56 Å². The molecule has 0 aliphatic heterocycles. The first-order valence-electron chi connectivity index (χ1n) is 3.92. The van der Waals surface area contributed by atoms with Crippen LogP contribution in [0.4, 0.5) is 0 Å². The van der Waals surface area contributed by atoms with E-state index in [1.54, 1.807) is 11.8 Å². The number of nitriles is 1. The quantitative estimate of drug-likeness (QED) is 0.692. The molecule has 0 aromatic heterocycles. The van der Waals surface area contributed by atoms with Gasteiger partial charge in [-0.1, -0.05) is 6.07 Å². The second-order valence-electron chi connectivity index (χ2n) is 2.60. The van der Waals surface area contributed by atoms with Gasteiger partial charge in [-0.3, -0.25) is 0 Å². The zero-order valence-corrected chi connectivity index (χ0v) is 8.52. The van der Waals surface area contributed by atoms with Crippen LogP contribution in [0.5, 0.6) is 5.75 Å². The molecule has 3 heteroatoms. The van der Waals surface area contributed by atoms with Crippen molar-refractivity contribution in [2.75, 3.05) is 12.9 Å². The first-order valence-corrected chi connectivity index (χ1v) is 5.15. The molecule has 0 aliphatic carbocycles. The lowest BCUT2D eigenvalue weighted by Gasteiger charge is -2.07. The third kappa shape index (κ3) is 2.67. The number of nitrogens with zero attached hydrogens (tertiary/aromatic N) is 1. The highest BCUT2D eigenvalue weighted by Gasteiger charge is 2.01. The Bertz CT molecular complexity index is 330. The summed E-state index contributed by atoms with van der Waals surface area (Å²) in [7, 11) is 0. The second-order valence-corrected chi connectivity index (χ2v) is 3.45. The maximum Gasteiger partial charge on any atom is 0.174 e. The maximum atomic E-state index is 8.38. The van der Waals surface area contributed by atoms with E-state index in [9.17, 15) is 0 Å². The van der Waals surface area contributed by atoms with Crippen molar-refractivity contribution in [1.82, 2.24) is 0 Å². The molecule has 0 unspecified atom stereocenters. The van der Waals surface area contributed by atoms with Gasteiger partial charge in [0.15, 0.2) is 6.61 Å². The van der Waals surface area contributed by atoms with Gasteiger partial charge in [0.2, 0.25) is 0 Å². The maximum absolute atomic E-state index is 8.38. The Morgan fingerprint density at radius 3 is 2.92 bits per heavy atom. The molecule has 0 bridgehead atoms. The van der Waals surface area contributed by atoms with Crippen molar-refractivity contribution < 1.29 is 4.74 Å². The standard InChI is InChI=1S/C10H11NOS/c1-8-3-4-10(13-2)9(7-8)12-6-5-11/h3-4,7H,6H2,1-2H3. The molecule has 1 aromatic carbocycles. The van der Waals surface area contributed by atoms with E-state index in [1.165, 1.54) is 0 Å². The zero-order valence-electron chi connectivity index (χ0n) is 7.70. The SMILES string of the molecule is CSc1ccc(C)cc1OCC#N. The fourth-order valence-electron chi connectivity index (χ4n) is 1.01. The number of hydrogen-bond donors (Lipinski definition) is 0. The molecular weight excluding hydrogens is 182 g/mol. The van der Waals surface area contributed by atoms with E-state index < -0.39 is 0 Å². The number of aryl methyl sites for hydroxylation is 1. The monoisotopic (exact) mass is 193 g/mol. The number of ether oxygens (including phenoxy) is 1. The topological polar surface area (TPSA) is 33.0 Å². The molecule has 0 spiro atoms. The van der Waals surface area contributed by atoms with Crippen molar-refractivity contribution in [3.05, 3.63) is 23.8 Å².